The minimum atomic E-state index is 0.226. The molecule has 0 amide bonds. The van der Waals surface area contributed by atoms with E-state index in [2.05, 4.69) is 28.7 Å². The first-order chi connectivity index (χ1) is 5.18. The summed E-state index contributed by atoms with van der Waals surface area (Å²) in [6.45, 7) is 4.02. The van der Waals surface area contributed by atoms with Gasteiger partial charge in [-0.2, -0.15) is 0 Å². The monoisotopic (exact) mass is 261 g/mol. The van der Waals surface area contributed by atoms with E-state index in [0.717, 1.165) is 5.75 Å². The summed E-state index contributed by atoms with van der Waals surface area (Å²) in [6.07, 6.45) is 0.226. The van der Waals surface area contributed by atoms with Crippen LogP contribution in [0, 0.1) is 9.64 Å². The Bertz CT molecular complexity index is 233. The first-order valence-corrected chi connectivity index (χ1v) is 4.60. The lowest BCUT2D eigenvalue weighted by molar-refractivity contribution is 0.241. The lowest BCUT2D eigenvalue weighted by Gasteiger charge is -2.08. The smallest absolute Gasteiger partial charge is 0.128 e. The van der Waals surface area contributed by atoms with Crippen LogP contribution >= 0.6 is 22.6 Å². The molecule has 2 heteroatoms. The van der Waals surface area contributed by atoms with Gasteiger partial charge in [-0.3, -0.25) is 0 Å². The second-order valence-corrected chi connectivity index (χ2v) is 3.78. The molecule has 0 bridgehead atoms. The average Bonchev–Trinajstić information content (AvgIpc) is 1.85. The van der Waals surface area contributed by atoms with Gasteiger partial charge in [0.2, 0.25) is 0 Å². The van der Waals surface area contributed by atoms with Gasteiger partial charge in [0.15, 0.2) is 0 Å². The highest BCUT2D eigenvalue weighted by atomic mass is 127. The van der Waals surface area contributed by atoms with E-state index in [1.165, 1.54) is 3.57 Å². The quantitative estimate of drug-likeness (QED) is 0.744. The Morgan fingerprint density at radius 1 is 1.55 bits per heavy atom. The maximum atomic E-state index is 5.43. The first-order valence-electron chi connectivity index (χ1n) is 3.52. The molecule has 1 radical (unpaired) electrons. The summed E-state index contributed by atoms with van der Waals surface area (Å²) >= 11 is 2.25. The number of ether oxygens (including phenoxy) is 1. The molecule has 0 spiro atoms. The lowest BCUT2D eigenvalue weighted by atomic mass is 10.3. The minimum Gasteiger partial charge on any atom is -0.490 e. The topological polar surface area (TPSA) is 9.23 Å². The molecule has 0 atom stereocenters. The van der Waals surface area contributed by atoms with Crippen LogP contribution in [0.4, 0.5) is 0 Å². The fourth-order valence-electron chi connectivity index (χ4n) is 0.740. The molecular weight excluding hydrogens is 251 g/mol. The van der Waals surface area contributed by atoms with E-state index in [4.69, 9.17) is 4.74 Å². The maximum absolute atomic E-state index is 5.43. The molecule has 1 nitrogen and oxygen atoms in total. The predicted molar refractivity (Wildman–Crippen MR) is 53.8 cm³/mol. The number of rotatable bonds is 2. The Kier molecular flexibility index (Phi) is 3.17. The molecule has 0 N–H and O–H groups in total. The molecule has 0 fully saturated rings. The minimum absolute atomic E-state index is 0.226. The van der Waals surface area contributed by atoms with Crippen molar-refractivity contribution in [3.63, 3.8) is 0 Å². The number of hydrogen-bond acceptors (Lipinski definition) is 1. The van der Waals surface area contributed by atoms with E-state index < -0.39 is 0 Å². The molecule has 1 aromatic rings. The van der Waals surface area contributed by atoms with Crippen molar-refractivity contribution >= 4 is 22.6 Å². The zero-order valence-corrected chi connectivity index (χ0v) is 8.75. The fourth-order valence-corrected chi connectivity index (χ4v) is 1.20. The van der Waals surface area contributed by atoms with E-state index in [1.807, 2.05) is 32.0 Å². The molecule has 0 heterocycles. The first kappa shape index (κ1) is 8.84. The van der Waals surface area contributed by atoms with E-state index in [1.54, 1.807) is 0 Å². The van der Waals surface area contributed by atoms with E-state index >= 15 is 0 Å². The van der Waals surface area contributed by atoms with Gasteiger partial charge in [-0.15, -0.1) is 0 Å². The van der Waals surface area contributed by atoms with E-state index in [0.29, 0.717) is 0 Å². The highest BCUT2D eigenvalue weighted by molar-refractivity contribution is 14.1. The Balaban J connectivity index is 2.71. The summed E-state index contributed by atoms with van der Waals surface area (Å²) in [6, 6.07) is 8.85. The van der Waals surface area contributed by atoms with Crippen molar-refractivity contribution in [3.05, 3.63) is 27.8 Å². The summed E-state index contributed by atoms with van der Waals surface area (Å²) in [4.78, 5) is 0. The number of hydrogen-bond donors (Lipinski definition) is 0. The van der Waals surface area contributed by atoms with Gasteiger partial charge in [-0.05, 0) is 54.6 Å². The third-order valence-electron chi connectivity index (χ3n) is 1.10. The molecular formula is C9H10IO. The van der Waals surface area contributed by atoms with Crippen LogP contribution < -0.4 is 4.74 Å². The molecule has 0 saturated carbocycles. The molecule has 0 unspecified atom stereocenters. The van der Waals surface area contributed by atoms with Gasteiger partial charge in [0.05, 0.1) is 6.10 Å². The Morgan fingerprint density at radius 2 is 2.27 bits per heavy atom. The third kappa shape index (κ3) is 3.10. The van der Waals surface area contributed by atoms with Gasteiger partial charge in [-0.25, -0.2) is 0 Å². The molecule has 0 saturated heterocycles. The van der Waals surface area contributed by atoms with Crippen LogP contribution in [0.25, 0.3) is 0 Å². The van der Waals surface area contributed by atoms with Gasteiger partial charge in [-0.1, -0.05) is 0 Å². The van der Waals surface area contributed by atoms with Gasteiger partial charge < -0.3 is 4.74 Å². The zero-order chi connectivity index (χ0) is 8.27. The SMILES string of the molecule is CC(C)Oc1[c]ccc(I)c1. The normalized spacial score (nSPS) is 10.2. The van der Waals surface area contributed by atoms with Crippen molar-refractivity contribution < 1.29 is 4.74 Å². The Labute approximate surface area is 80.9 Å². The van der Waals surface area contributed by atoms with Crippen molar-refractivity contribution in [2.45, 2.75) is 20.0 Å². The van der Waals surface area contributed by atoms with Crippen LogP contribution in [-0.2, 0) is 0 Å². The van der Waals surface area contributed by atoms with Crippen LogP contribution in [0.2, 0.25) is 0 Å². The van der Waals surface area contributed by atoms with Crippen LogP contribution in [0.3, 0.4) is 0 Å². The van der Waals surface area contributed by atoms with Crippen molar-refractivity contribution in [1.29, 1.82) is 0 Å². The van der Waals surface area contributed by atoms with Crippen molar-refractivity contribution in [1.82, 2.24) is 0 Å². The van der Waals surface area contributed by atoms with Gasteiger partial charge in [0, 0.05) is 9.64 Å². The highest BCUT2D eigenvalue weighted by Gasteiger charge is 1.96. The highest BCUT2D eigenvalue weighted by Crippen LogP contribution is 2.14. The third-order valence-corrected chi connectivity index (χ3v) is 1.77. The van der Waals surface area contributed by atoms with Crippen LogP contribution in [0.1, 0.15) is 13.8 Å². The molecule has 0 aromatic heterocycles. The lowest BCUT2D eigenvalue weighted by Crippen LogP contribution is -2.05. The number of benzene rings is 1. The summed E-state index contributed by atoms with van der Waals surface area (Å²) in [7, 11) is 0. The average molecular weight is 261 g/mol. The molecule has 0 aliphatic carbocycles. The molecule has 0 aliphatic heterocycles. The largest absolute Gasteiger partial charge is 0.490 e. The molecule has 11 heavy (non-hydrogen) atoms. The van der Waals surface area contributed by atoms with E-state index in [-0.39, 0.29) is 6.10 Å². The molecule has 59 valence electrons. The second kappa shape index (κ2) is 3.95. The summed E-state index contributed by atoms with van der Waals surface area (Å²) in [5.41, 5.74) is 0. The Hall–Kier alpha value is -0.250. The predicted octanol–water partition coefficient (Wildman–Crippen LogP) is 2.88. The van der Waals surface area contributed by atoms with Gasteiger partial charge >= 0.3 is 0 Å². The van der Waals surface area contributed by atoms with Gasteiger partial charge in [0.1, 0.15) is 5.75 Å². The molecule has 1 rings (SSSR count). The maximum Gasteiger partial charge on any atom is 0.128 e. The molecule has 0 aliphatic rings. The van der Waals surface area contributed by atoms with Crippen molar-refractivity contribution in [2.24, 2.45) is 0 Å². The summed E-state index contributed by atoms with van der Waals surface area (Å²) in [5.74, 6) is 0.826. The second-order valence-electron chi connectivity index (χ2n) is 2.54. The van der Waals surface area contributed by atoms with Crippen molar-refractivity contribution in [3.8, 4) is 5.75 Å². The fraction of sp³-hybridized carbons (Fsp3) is 0.333. The number of halogens is 1. The standard InChI is InChI=1S/C9H10IO/c1-7(2)11-9-5-3-4-8(10)6-9/h3-4,6-7H,1-2H3. The van der Waals surface area contributed by atoms with Crippen LogP contribution in [0.5, 0.6) is 5.75 Å². The van der Waals surface area contributed by atoms with Crippen LogP contribution in [0.15, 0.2) is 18.2 Å². The van der Waals surface area contributed by atoms with Crippen molar-refractivity contribution in [2.75, 3.05) is 0 Å². The van der Waals surface area contributed by atoms with Crippen LogP contribution in [-0.4, -0.2) is 6.10 Å². The van der Waals surface area contributed by atoms with E-state index in [9.17, 15) is 0 Å². The summed E-state index contributed by atoms with van der Waals surface area (Å²) in [5, 5.41) is 0. The zero-order valence-electron chi connectivity index (χ0n) is 6.60. The summed E-state index contributed by atoms with van der Waals surface area (Å²) < 4.78 is 6.61. The van der Waals surface area contributed by atoms with Gasteiger partial charge in [0.25, 0.3) is 0 Å². The molecule has 1 aromatic carbocycles. The Morgan fingerprint density at radius 3 is 2.82 bits per heavy atom.